The Morgan fingerprint density at radius 1 is 1.14 bits per heavy atom. The number of aliphatic carboxylic acids is 1. The SMILES string of the molecule is O=C(NC1CCc2cccc3c2N(C1=O)[C@H](C(=O)O)C3)[C@H](S)Cc1ccccc1. The van der Waals surface area contributed by atoms with Gasteiger partial charge in [0.1, 0.15) is 12.1 Å². The molecule has 150 valence electrons. The molecule has 0 bridgehead atoms. The summed E-state index contributed by atoms with van der Waals surface area (Å²) in [7, 11) is 0. The lowest BCUT2D eigenvalue weighted by atomic mass is 10.0. The van der Waals surface area contributed by atoms with Crippen LogP contribution in [0.25, 0.3) is 0 Å². The first-order chi connectivity index (χ1) is 14.0. The van der Waals surface area contributed by atoms with Crippen molar-refractivity contribution in [3.63, 3.8) is 0 Å². The minimum absolute atomic E-state index is 0.286. The molecule has 0 fully saturated rings. The fourth-order valence-electron chi connectivity index (χ4n) is 4.16. The normalized spacial score (nSPS) is 21.3. The van der Waals surface area contributed by atoms with Crippen LogP contribution >= 0.6 is 12.6 Å². The topological polar surface area (TPSA) is 86.7 Å². The fraction of sp³-hybridized carbons (Fsp3) is 0.318. The highest BCUT2D eigenvalue weighted by Crippen LogP contribution is 2.39. The molecule has 0 radical (unpaired) electrons. The summed E-state index contributed by atoms with van der Waals surface area (Å²) in [5.41, 5.74) is 3.50. The highest BCUT2D eigenvalue weighted by molar-refractivity contribution is 7.81. The van der Waals surface area contributed by atoms with E-state index in [9.17, 15) is 19.5 Å². The Kier molecular flexibility index (Phi) is 5.32. The number of hydrogen-bond donors (Lipinski definition) is 3. The molecule has 2 aromatic carbocycles. The Labute approximate surface area is 174 Å². The molecule has 2 heterocycles. The van der Waals surface area contributed by atoms with Crippen LogP contribution in [0.3, 0.4) is 0 Å². The van der Waals surface area contributed by atoms with Gasteiger partial charge in [-0.25, -0.2) is 4.79 Å². The molecule has 2 aliphatic heterocycles. The van der Waals surface area contributed by atoms with E-state index in [4.69, 9.17) is 0 Å². The van der Waals surface area contributed by atoms with Crippen LogP contribution in [0.5, 0.6) is 0 Å². The smallest absolute Gasteiger partial charge is 0.327 e. The van der Waals surface area contributed by atoms with E-state index in [-0.39, 0.29) is 18.2 Å². The average molecular weight is 410 g/mol. The van der Waals surface area contributed by atoms with Gasteiger partial charge in [-0.15, -0.1) is 0 Å². The summed E-state index contributed by atoms with van der Waals surface area (Å²) in [5, 5.41) is 11.9. The van der Waals surface area contributed by atoms with Crippen molar-refractivity contribution in [3.8, 4) is 0 Å². The molecule has 0 saturated heterocycles. The van der Waals surface area contributed by atoms with Gasteiger partial charge in [0.2, 0.25) is 11.8 Å². The first-order valence-corrected chi connectivity index (χ1v) is 10.2. The number of carbonyl (C=O) groups is 3. The van der Waals surface area contributed by atoms with E-state index in [0.29, 0.717) is 24.9 Å². The lowest BCUT2D eigenvalue weighted by Gasteiger charge is -2.26. The molecule has 0 aromatic heterocycles. The molecule has 0 saturated carbocycles. The number of amides is 2. The third-order valence-corrected chi connectivity index (χ3v) is 6.00. The zero-order valence-corrected chi connectivity index (χ0v) is 16.6. The third-order valence-electron chi connectivity index (χ3n) is 5.58. The maximum atomic E-state index is 13.2. The maximum absolute atomic E-state index is 13.2. The van der Waals surface area contributed by atoms with Crippen LogP contribution in [0.2, 0.25) is 0 Å². The third kappa shape index (κ3) is 3.74. The Morgan fingerprint density at radius 2 is 1.86 bits per heavy atom. The standard InChI is InChI=1S/C22H22N2O4S/c25-20(18(29)11-13-5-2-1-3-6-13)23-16-10-9-14-7-4-8-15-12-17(22(27)28)24(19(14)15)21(16)26/h1-8,16-18,29H,9-12H2,(H,23,25)(H,27,28)/t16?,17-,18+/m0/s1. The van der Waals surface area contributed by atoms with E-state index in [0.717, 1.165) is 16.7 Å². The molecule has 2 aromatic rings. The van der Waals surface area contributed by atoms with E-state index >= 15 is 0 Å². The molecule has 2 amide bonds. The zero-order chi connectivity index (χ0) is 20.5. The molecule has 0 spiro atoms. The molecular weight excluding hydrogens is 388 g/mol. The van der Waals surface area contributed by atoms with Gasteiger partial charge in [0, 0.05) is 6.42 Å². The summed E-state index contributed by atoms with van der Waals surface area (Å²) in [5.74, 6) is -1.73. The molecule has 2 N–H and O–H groups in total. The molecule has 1 unspecified atom stereocenters. The van der Waals surface area contributed by atoms with Gasteiger partial charge in [-0.1, -0.05) is 48.5 Å². The second kappa shape index (κ2) is 7.91. The minimum atomic E-state index is -1.04. The van der Waals surface area contributed by atoms with Crippen molar-refractivity contribution < 1.29 is 19.5 Å². The van der Waals surface area contributed by atoms with Gasteiger partial charge in [0.05, 0.1) is 10.9 Å². The summed E-state index contributed by atoms with van der Waals surface area (Å²) in [4.78, 5) is 39.1. The summed E-state index contributed by atoms with van der Waals surface area (Å²) in [6.45, 7) is 0. The quantitative estimate of drug-likeness (QED) is 0.658. The zero-order valence-electron chi connectivity index (χ0n) is 15.7. The Balaban J connectivity index is 1.53. The second-order valence-electron chi connectivity index (χ2n) is 7.50. The van der Waals surface area contributed by atoms with Crippen LogP contribution < -0.4 is 10.2 Å². The van der Waals surface area contributed by atoms with Gasteiger partial charge in [-0.2, -0.15) is 12.6 Å². The van der Waals surface area contributed by atoms with Crippen molar-refractivity contribution >= 4 is 36.1 Å². The van der Waals surface area contributed by atoms with E-state index in [1.54, 1.807) is 0 Å². The number of para-hydroxylation sites is 1. The monoisotopic (exact) mass is 410 g/mol. The Bertz CT molecular complexity index is 963. The van der Waals surface area contributed by atoms with Gasteiger partial charge >= 0.3 is 5.97 Å². The number of nitrogens with zero attached hydrogens (tertiary/aromatic N) is 1. The van der Waals surface area contributed by atoms with Crippen molar-refractivity contribution in [1.29, 1.82) is 0 Å². The molecule has 2 aliphatic rings. The number of anilines is 1. The van der Waals surface area contributed by atoms with Crippen LogP contribution in [-0.2, 0) is 33.6 Å². The first-order valence-electron chi connectivity index (χ1n) is 9.64. The Hall–Kier alpha value is -2.80. The number of hydrogen-bond acceptors (Lipinski definition) is 4. The first kappa shape index (κ1) is 19.5. The number of aryl methyl sites for hydroxylation is 1. The van der Waals surface area contributed by atoms with Gasteiger partial charge in [0.15, 0.2) is 0 Å². The highest BCUT2D eigenvalue weighted by atomic mass is 32.1. The second-order valence-corrected chi connectivity index (χ2v) is 8.12. The summed E-state index contributed by atoms with van der Waals surface area (Å²) < 4.78 is 0. The number of rotatable bonds is 5. The number of carboxylic acid groups (broad SMARTS) is 1. The molecular formula is C22H22N2O4S. The van der Waals surface area contributed by atoms with Crippen molar-refractivity contribution in [1.82, 2.24) is 5.32 Å². The Morgan fingerprint density at radius 3 is 2.59 bits per heavy atom. The fourth-order valence-corrected chi connectivity index (χ4v) is 4.45. The van der Waals surface area contributed by atoms with Gasteiger partial charge < -0.3 is 10.4 Å². The number of carboxylic acids is 1. The van der Waals surface area contributed by atoms with Crippen LogP contribution in [0.1, 0.15) is 23.1 Å². The minimum Gasteiger partial charge on any atom is -0.480 e. The maximum Gasteiger partial charge on any atom is 0.327 e. The number of nitrogens with one attached hydrogen (secondary N) is 1. The summed E-state index contributed by atoms with van der Waals surface area (Å²) >= 11 is 4.42. The van der Waals surface area contributed by atoms with Crippen LogP contribution in [0.15, 0.2) is 48.5 Å². The number of benzene rings is 2. The predicted octanol–water partition coefficient (Wildman–Crippen LogP) is 2.00. The van der Waals surface area contributed by atoms with Gasteiger partial charge in [0.25, 0.3) is 0 Å². The van der Waals surface area contributed by atoms with Crippen molar-refractivity contribution in [2.45, 2.75) is 43.0 Å². The van der Waals surface area contributed by atoms with E-state index in [1.807, 2.05) is 48.5 Å². The summed E-state index contributed by atoms with van der Waals surface area (Å²) in [6.07, 6.45) is 1.75. The molecule has 3 atom stereocenters. The molecule has 4 rings (SSSR count). The predicted molar refractivity (Wildman–Crippen MR) is 112 cm³/mol. The summed E-state index contributed by atoms with van der Waals surface area (Å²) in [6, 6.07) is 13.5. The molecule has 29 heavy (non-hydrogen) atoms. The van der Waals surface area contributed by atoms with E-state index < -0.39 is 23.3 Å². The lowest BCUT2D eigenvalue weighted by molar-refractivity contribution is -0.140. The van der Waals surface area contributed by atoms with Gasteiger partial charge in [-0.05, 0) is 36.0 Å². The van der Waals surface area contributed by atoms with Crippen LogP contribution in [0, 0.1) is 0 Å². The van der Waals surface area contributed by atoms with Gasteiger partial charge in [-0.3, -0.25) is 14.5 Å². The van der Waals surface area contributed by atoms with E-state index in [2.05, 4.69) is 17.9 Å². The van der Waals surface area contributed by atoms with Crippen molar-refractivity contribution in [2.75, 3.05) is 4.90 Å². The highest BCUT2D eigenvalue weighted by Gasteiger charge is 2.44. The molecule has 7 heteroatoms. The average Bonchev–Trinajstić information content (AvgIpc) is 3.05. The number of thiol groups is 1. The van der Waals surface area contributed by atoms with Crippen molar-refractivity contribution in [2.24, 2.45) is 0 Å². The van der Waals surface area contributed by atoms with Crippen LogP contribution in [0.4, 0.5) is 5.69 Å². The van der Waals surface area contributed by atoms with Crippen LogP contribution in [-0.4, -0.2) is 40.2 Å². The lowest BCUT2D eigenvalue weighted by Crippen LogP contribution is -2.53. The molecule has 0 aliphatic carbocycles. The molecule has 6 nitrogen and oxygen atoms in total. The number of carbonyl (C=O) groups excluding carboxylic acids is 2. The van der Waals surface area contributed by atoms with Crippen molar-refractivity contribution in [3.05, 3.63) is 65.2 Å². The van der Waals surface area contributed by atoms with E-state index in [1.165, 1.54) is 4.90 Å². The largest absolute Gasteiger partial charge is 0.480 e.